The van der Waals surface area contributed by atoms with E-state index in [0.29, 0.717) is 17.0 Å². The molecule has 0 unspecified atom stereocenters. The molecule has 0 saturated heterocycles. The average molecular weight is 363 g/mol. The Labute approximate surface area is 157 Å². The highest BCUT2D eigenvalue weighted by Crippen LogP contribution is 2.26. The SMILES string of the molecule is Cc1ccc(NC(=O)c2ccccc2OCC(=O)N(C)C)c2cccnc12. The van der Waals surface area contributed by atoms with Crippen LogP contribution in [0.1, 0.15) is 15.9 Å². The molecular formula is C21H21N3O3. The number of benzene rings is 2. The van der Waals surface area contributed by atoms with Crippen molar-refractivity contribution < 1.29 is 14.3 Å². The van der Waals surface area contributed by atoms with Crippen molar-refractivity contribution in [3.8, 4) is 5.75 Å². The molecule has 6 heteroatoms. The number of ether oxygens (including phenoxy) is 1. The monoisotopic (exact) mass is 363 g/mol. The van der Waals surface area contributed by atoms with Crippen molar-refractivity contribution in [3.05, 3.63) is 65.9 Å². The second-order valence-corrected chi connectivity index (χ2v) is 6.36. The molecule has 3 rings (SSSR count). The molecule has 0 spiro atoms. The number of nitrogens with zero attached hydrogens (tertiary/aromatic N) is 2. The summed E-state index contributed by atoms with van der Waals surface area (Å²) in [6, 6.07) is 14.4. The van der Waals surface area contributed by atoms with Crippen LogP contribution in [0.25, 0.3) is 10.9 Å². The summed E-state index contributed by atoms with van der Waals surface area (Å²) in [7, 11) is 3.31. The molecule has 2 aromatic carbocycles. The standard InChI is InChI=1S/C21H21N3O3/c1-14-10-11-17(15-8-6-12-22-20(14)15)23-21(26)16-7-4-5-9-18(16)27-13-19(25)24(2)3/h4-12H,13H2,1-3H3,(H,23,26). The Morgan fingerprint density at radius 3 is 2.63 bits per heavy atom. The fourth-order valence-corrected chi connectivity index (χ4v) is 2.66. The van der Waals surface area contributed by atoms with Gasteiger partial charge in [-0.15, -0.1) is 0 Å². The van der Waals surface area contributed by atoms with E-state index in [1.807, 2.05) is 31.2 Å². The number of hydrogen-bond acceptors (Lipinski definition) is 4. The molecule has 0 bridgehead atoms. The summed E-state index contributed by atoms with van der Waals surface area (Å²) < 4.78 is 5.56. The fraction of sp³-hybridized carbons (Fsp3) is 0.190. The maximum absolute atomic E-state index is 12.8. The van der Waals surface area contributed by atoms with Gasteiger partial charge in [-0.25, -0.2) is 0 Å². The van der Waals surface area contributed by atoms with E-state index < -0.39 is 0 Å². The molecule has 0 aliphatic carbocycles. The van der Waals surface area contributed by atoms with Crippen LogP contribution in [0.2, 0.25) is 0 Å². The third-order valence-electron chi connectivity index (χ3n) is 4.20. The molecule has 1 aromatic heterocycles. The molecular weight excluding hydrogens is 342 g/mol. The molecule has 1 heterocycles. The van der Waals surface area contributed by atoms with Gasteiger partial charge in [0.05, 0.1) is 16.8 Å². The smallest absolute Gasteiger partial charge is 0.259 e. The zero-order valence-electron chi connectivity index (χ0n) is 15.5. The largest absolute Gasteiger partial charge is 0.483 e. The first-order chi connectivity index (χ1) is 13.0. The number of likely N-dealkylation sites (N-methyl/N-ethyl adjacent to an activating group) is 1. The average Bonchev–Trinajstić information content (AvgIpc) is 2.68. The maximum Gasteiger partial charge on any atom is 0.259 e. The molecule has 27 heavy (non-hydrogen) atoms. The van der Waals surface area contributed by atoms with E-state index in [9.17, 15) is 9.59 Å². The Morgan fingerprint density at radius 2 is 1.85 bits per heavy atom. The third kappa shape index (κ3) is 4.06. The van der Waals surface area contributed by atoms with Crippen LogP contribution in [0.4, 0.5) is 5.69 Å². The molecule has 0 saturated carbocycles. The van der Waals surface area contributed by atoms with Crippen molar-refractivity contribution in [2.75, 3.05) is 26.0 Å². The van der Waals surface area contributed by atoms with E-state index in [0.717, 1.165) is 16.5 Å². The first kappa shape index (κ1) is 18.4. The summed E-state index contributed by atoms with van der Waals surface area (Å²) >= 11 is 0. The van der Waals surface area contributed by atoms with Crippen molar-refractivity contribution in [2.24, 2.45) is 0 Å². The number of fused-ring (bicyclic) bond motifs is 1. The van der Waals surface area contributed by atoms with Gasteiger partial charge in [0, 0.05) is 25.7 Å². The highest BCUT2D eigenvalue weighted by atomic mass is 16.5. The van der Waals surface area contributed by atoms with E-state index in [1.165, 1.54) is 4.90 Å². The Hall–Kier alpha value is -3.41. The highest BCUT2D eigenvalue weighted by Gasteiger charge is 2.15. The van der Waals surface area contributed by atoms with E-state index in [4.69, 9.17) is 4.74 Å². The molecule has 0 fully saturated rings. The Morgan fingerprint density at radius 1 is 1.07 bits per heavy atom. The summed E-state index contributed by atoms with van der Waals surface area (Å²) in [6.45, 7) is 1.85. The van der Waals surface area contributed by atoms with Gasteiger partial charge in [0.25, 0.3) is 11.8 Å². The molecule has 1 N–H and O–H groups in total. The van der Waals surface area contributed by atoms with Gasteiger partial charge >= 0.3 is 0 Å². The molecule has 0 aliphatic rings. The van der Waals surface area contributed by atoms with Crippen molar-refractivity contribution in [1.29, 1.82) is 0 Å². The fourth-order valence-electron chi connectivity index (χ4n) is 2.66. The van der Waals surface area contributed by atoms with Gasteiger partial charge in [0.2, 0.25) is 0 Å². The molecule has 0 aliphatic heterocycles. The van der Waals surface area contributed by atoms with Gasteiger partial charge in [-0.05, 0) is 42.8 Å². The van der Waals surface area contributed by atoms with E-state index in [-0.39, 0.29) is 18.4 Å². The van der Waals surface area contributed by atoms with Gasteiger partial charge in [-0.3, -0.25) is 14.6 Å². The third-order valence-corrected chi connectivity index (χ3v) is 4.20. The number of aryl methyl sites for hydroxylation is 1. The van der Waals surface area contributed by atoms with Crippen molar-refractivity contribution in [1.82, 2.24) is 9.88 Å². The lowest BCUT2D eigenvalue weighted by Crippen LogP contribution is -2.28. The first-order valence-electron chi connectivity index (χ1n) is 8.55. The number of carbonyl (C=O) groups excluding carboxylic acids is 2. The van der Waals surface area contributed by atoms with Crippen LogP contribution in [-0.4, -0.2) is 42.4 Å². The lowest BCUT2D eigenvalue weighted by atomic mass is 10.1. The van der Waals surface area contributed by atoms with E-state index >= 15 is 0 Å². The molecule has 2 amide bonds. The van der Waals surface area contributed by atoms with Crippen molar-refractivity contribution >= 4 is 28.4 Å². The second kappa shape index (κ2) is 7.86. The number of nitrogens with one attached hydrogen (secondary N) is 1. The van der Waals surface area contributed by atoms with Gasteiger partial charge in [-0.1, -0.05) is 18.2 Å². The number of hydrogen-bond donors (Lipinski definition) is 1. The predicted octanol–water partition coefficient (Wildman–Crippen LogP) is 3.26. The quantitative estimate of drug-likeness (QED) is 0.755. The Bertz CT molecular complexity index is 999. The summed E-state index contributed by atoms with van der Waals surface area (Å²) in [5.74, 6) is -0.127. The van der Waals surface area contributed by atoms with Crippen molar-refractivity contribution in [2.45, 2.75) is 6.92 Å². The minimum Gasteiger partial charge on any atom is -0.483 e. The zero-order valence-corrected chi connectivity index (χ0v) is 15.5. The van der Waals surface area contributed by atoms with Crippen LogP contribution in [0.3, 0.4) is 0 Å². The number of pyridine rings is 1. The molecule has 0 radical (unpaired) electrons. The number of anilines is 1. The van der Waals surface area contributed by atoms with Crippen LogP contribution >= 0.6 is 0 Å². The topological polar surface area (TPSA) is 71.5 Å². The summed E-state index contributed by atoms with van der Waals surface area (Å²) in [5, 5.41) is 3.79. The van der Waals surface area contributed by atoms with Crippen LogP contribution in [0.5, 0.6) is 5.75 Å². The first-order valence-corrected chi connectivity index (χ1v) is 8.55. The summed E-state index contributed by atoms with van der Waals surface area (Å²) in [6.07, 6.45) is 1.73. The highest BCUT2D eigenvalue weighted by molar-refractivity contribution is 6.10. The summed E-state index contributed by atoms with van der Waals surface area (Å²) in [4.78, 5) is 30.4. The normalized spacial score (nSPS) is 10.5. The van der Waals surface area contributed by atoms with Gasteiger partial charge in [-0.2, -0.15) is 0 Å². The number of para-hydroxylation sites is 1. The van der Waals surface area contributed by atoms with E-state index in [1.54, 1.807) is 44.6 Å². The lowest BCUT2D eigenvalue weighted by Gasteiger charge is -2.14. The van der Waals surface area contributed by atoms with Crippen LogP contribution in [-0.2, 0) is 4.79 Å². The molecule has 3 aromatic rings. The lowest BCUT2D eigenvalue weighted by molar-refractivity contribution is -0.130. The Balaban J connectivity index is 1.85. The van der Waals surface area contributed by atoms with Crippen LogP contribution in [0.15, 0.2) is 54.7 Å². The number of aromatic nitrogens is 1. The van der Waals surface area contributed by atoms with Gasteiger partial charge in [0.1, 0.15) is 5.75 Å². The number of rotatable bonds is 5. The zero-order chi connectivity index (χ0) is 19.4. The predicted molar refractivity (Wildman–Crippen MR) is 105 cm³/mol. The molecule has 0 atom stereocenters. The van der Waals surface area contributed by atoms with Gasteiger partial charge in [0.15, 0.2) is 6.61 Å². The van der Waals surface area contributed by atoms with E-state index in [2.05, 4.69) is 10.3 Å². The van der Waals surface area contributed by atoms with Gasteiger partial charge < -0.3 is 15.0 Å². The minimum absolute atomic E-state index is 0.130. The van der Waals surface area contributed by atoms with Crippen LogP contribution < -0.4 is 10.1 Å². The molecule has 6 nitrogen and oxygen atoms in total. The minimum atomic E-state index is -0.308. The molecule has 138 valence electrons. The maximum atomic E-state index is 12.8. The summed E-state index contributed by atoms with van der Waals surface area (Å²) in [5.41, 5.74) is 2.92. The van der Waals surface area contributed by atoms with Crippen molar-refractivity contribution in [3.63, 3.8) is 0 Å². The second-order valence-electron chi connectivity index (χ2n) is 6.36. The Kier molecular flexibility index (Phi) is 5.35. The van der Waals surface area contributed by atoms with Crippen LogP contribution in [0, 0.1) is 6.92 Å². The number of amides is 2. The number of carbonyl (C=O) groups is 2.